The van der Waals surface area contributed by atoms with Crippen LogP contribution >= 0.6 is 11.8 Å². The lowest BCUT2D eigenvalue weighted by molar-refractivity contribution is 0.0768. The van der Waals surface area contributed by atoms with Crippen LogP contribution in [0.25, 0.3) is 0 Å². The molecule has 1 heterocycles. The first kappa shape index (κ1) is 16.6. The summed E-state index contributed by atoms with van der Waals surface area (Å²) in [5, 5.41) is 0. The van der Waals surface area contributed by atoms with E-state index in [2.05, 4.69) is 25.7 Å². The molecule has 116 valence electrons. The Hall–Kier alpha value is -0.800. The monoisotopic (exact) mass is 305 g/mol. The minimum atomic E-state index is 0.161. The van der Waals surface area contributed by atoms with E-state index in [0.717, 1.165) is 42.9 Å². The van der Waals surface area contributed by atoms with Crippen LogP contribution in [0.1, 0.15) is 44.0 Å². The largest absolute Gasteiger partial charge is 0.302 e. The minimum Gasteiger partial charge on any atom is -0.302 e. The molecule has 1 aliphatic heterocycles. The van der Waals surface area contributed by atoms with E-state index in [4.69, 9.17) is 0 Å². The van der Waals surface area contributed by atoms with Crippen LogP contribution in [0, 0.1) is 11.3 Å². The zero-order valence-corrected chi connectivity index (χ0v) is 14.5. The third-order valence-corrected chi connectivity index (χ3v) is 4.74. The van der Waals surface area contributed by atoms with Crippen LogP contribution in [-0.2, 0) is 0 Å². The summed E-state index contributed by atoms with van der Waals surface area (Å²) in [5.74, 6) is 0.493. The molecule has 1 aromatic rings. The SMILES string of the molecule is CSc1ccccc1C(=O)C1CCCN(CC(C)(C)C)C1. The van der Waals surface area contributed by atoms with Crippen LogP contribution in [0.3, 0.4) is 0 Å². The Morgan fingerprint density at radius 1 is 1.33 bits per heavy atom. The number of piperidine rings is 1. The molecule has 0 spiro atoms. The van der Waals surface area contributed by atoms with E-state index in [9.17, 15) is 4.79 Å². The van der Waals surface area contributed by atoms with Crippen molar-refractivity contribution in [2.24, 2.45) is 11.3 Å². The summed E-state index contributed by atoms with van der Waals surface area (Å²) in [7, 11) is 0. The molecule has 3 heteroatoms. The molecule has 1 saturated heterocycles. The predicted molar refractivity (Wildman–Crippen MR) is 91.2 cm³/mol. The Balaban J connectivity index is 2.08. The molecule has 1 fully saturated rings. The van der Waals surface area contributed by atoms with Gasteiger partial charge in [-0.25, -0.2) is 0 Å². The molecule has 1 aliphatic rings. The number of nitrogens with zero attached hydrogens (tertiary/aromatic N) is 1. The summed E-state index contributed by atoms with van der Waals surface area (Å²) < 4.78 is 0. The Kier molecular flexibility index (Phi) is 5.50. The Morgan fingerprint density at radius 2 is 2.05 bits per heavy atom. The van der Waals surface area contributed by atoms with Crippen LogP contribution in [0.4, 0.5) is 0 Å². The molecule has 0 bridgehead atoms. The van der Waals surface area contributed by atoms with Crippen molar-refractivity contribution in [3.05, 3.63) is 29.8 Å². The fraction of sp³-hybridized carbons (Fsp3) is 0.611. The Labute approximate surface area is 133 Å². The van der Waals surface area contributed by atoms with E-state index >= 15 is 0 Å². The van der Waals surface area contributed by atoms with Gasteiger partial charge in [0.1, 0.15) is 0 Å². The summed E-state index contributed by atoms with van der Waals surface area (Å²) in [5.41, 5.74) is 1.20. The van der Waals surface area contributed by atoms with Gasteiger partial charge >= 0.3 is 0 Å². The van der Waals surface area contributed by atoms with E-state index in [1.54, 1.807) is 11.8 Å². The lowest BCUT2D eigenvalue weighted by Crippen LogP contribution is -2.42. The molecule has 2 nitrogen and oxygen atoms in total. The first-order valence-corrected chi connectivity index (χ1v) is 9.03. The smallest absolute Gasteiger partial charge is 0.168 e. The highest BCUT2D eigenvalue weighted by molar-refractivity contribution is 7.98. The van der Waals surface area contributed by atoms with Gasteiger partial charge in [0.25, 0.3) is 0 Å². The number of hydrogen-bond donors (Lipinski definition) is 0. The molecule has 21 heavy (non-hydrogen) atoms. The van der Waals surface area contributed by atoms with E-state index in [0.29, 0.717) is 11.2 Å². The van der Waals surface area contributed by atoms with Crippen LogP contribution in [-0.4, -0.2) is 36.6 Å². The lowest BCUT2D eigenvalue weighted by Gasteiger charge is -2.36. The van der Waals surface area contributed by atoms with E-state index in [1.807, 2.05) is 30.5 Å². The summed E-state index contributed by atoms with van der Waals surface area (Å²) in [6, 6.07) is 8.02. The second-order valence-corrected chi connectivity index (χ2v) is 8.05. The molecule has 1 aromatic carbocycles. The maximum Gasteiger partial charge on any atom is 0.168 e. The van der Waals surface area contributed by atoms with Gasteiger partial charge < -0.3 is 4.90 Å². The maximum atomic E-state index is 12.9. The standard InChI is InChI=1S/C18H27NOS/c1-18(2,3)13-19-11-7-8-14(12-19)17(20)15-9-5-6-10-16(15)21-4/h5-6,9-10,14H,7-8,11-13H2,1-4H3. The predicted octanol–water partition coefficient (Wildman–Crippen LogP) is 4.35. The Morgan fingerprint density at radius 3 is 2.71 bits per heavy atom. The second kappa shape index (κ2) is 6.97. The highest BCUT2D eigenvalue weighted by atomic mass is 32.2. The van der Waals surface area contributed by atoms with Gasteiger partial charge in [0, 0.05) is 29.5 Å². The van der Waals surface area contributed by atoms with Gasteiger partial charge in [-0.2, -0.15) is 0 Å². The van der Waals surface area contributed by atoms with Crippen molar-refractivity contribution in [1.29, 1.82) is 0 Å². The van der Waals surface area contributed by atoms with Crippen molar-refractivity contribution in [3.8, 4) is 0 Å². The average molecular weight is 305 g/mol. The van der Waals surface area contributed by atoms with Crippen molar-refractivity contribution < 1.29 is 4.79 Å². The molecule has 0 amide bonds. The highest BCUT2D eigenvalue weighted by Crippen LogP contribution is 2.28. The summed E-state index contributed by atoms with van der Waals surface area (Å²) >= 11 is 1.66. The normalized spacial score (nSPS) is 20.5. The highest BCUT2D eigenvalue weighted by Gasteiger charge is 2.29. The fourth-order valence-corrected chi connectivity index (χ4v) is 3.76. The number of hydrogen-bond acceptors (Lipinski definition) is 3. The quantitative estimate of drug-likeness (QED) is 0.609. The molecule has 0 aliphatic carbocycles. The Bertz CT molecular complexity index is 492. The van der Waals surface area contributed by atoms with Crippen molar-refractivity contribution in [2.75, 3.05) is 25.9 Å². The van der Waals surface area contributed by atoms with Crippen LogP contribution in [0.15, 0.2) is 29.2 Å². The van der Waals surface area contributed by atoms with Gasteiger partial charge in [0.15, 0.2) is 5.78 Å². The molecule has 0 aromatic heterocycles. The number of carbonyl (C=O) groups excluding carboxylic acids is 1. The number of thioether (sulfide) groups is 1. The maximum absolute atomic E-state index is 12.9. The zero-order chi connectivity index (χ0) is 15.5. The number of ketones is 1. The van der Waals surface area contributed by atoms with E-state index in [-0.39, 0.29) is 5.92 Å². The summed E-state index contributed by atoms with van der Waals surface area (Å²) in [6.45, 7) is 9.91. The van der Waals surface area contributed by atoms with Gasteiger partial charge in [-0.15, -0.1) is 11.8 Å². The number of likely N-dealkylation sites (tertiary alicyclic amines) is 1. The third kappa shape index (κ3) is 4.58. The lowest BCUT2D eigenvalue weighted by atomic mass is 9.88. The second-order valence-electron chi connectivity index (χ2n) is 7.20. The van der Waals surface area contributed by atoms with E-state index in [1.165, 1.54) is 0 Å². The molecule has 0 radical (unpaired) electrons. The van der Waals surface area contributed by atoms with Gasteiger partial charge in [-0.3, -0.25) is 4.79 Å². The van der Waals surface area contributed by atoms with Crippen molar-refractivity contribution in [1.82, 2.24) is 4.90 Å². The molecule has 2 rings (SSSR count). The van der Waals surface area contributed by atoms with Gasteiger partial charge in [-0.1, -0.05) is 39.0 Å². The van der Waals surface area contributed by atoms with Gasteiger partial charge in [-0.05, 0) is 37.1 Å². The molecular formula is C18H27NOS. The third-order valence-electron chi connectivity index (χ3n) is 3.95. The first-order chi connectivity index (χ1) is 9.90. The fourth-order valence-electron chi connectivity index (χ4n) is 3.15. The number of Topliss-reactive ketones (excluding diaryl/α,β-unsaturated/α-hetero) is 1. The minimum absolute atomic E-state index is 0.161. The van der Waals surface area contributed by atoms with Crippen molar-refractivity contribution in [2.45, 2.75) is 38.5 Å². The van der Waals surface area contributed by atoms with Gasteiger partial charge in [0.2, 0.25) is 0 Å². The van der Waals surface area contributed by atoms with Crippen LogP contribution in [0.2, 0.25) is 0 Å². The average Bonchev–Trinajstić information content (AvgIpc) is 2.45. The summed E-state index contributed by atoms with van der Waals surface area (Å²) in [4.78, 5) is 16.4. The van der Waals surface area contributed by atoms with Crippen molar-refractivity contribution >= 4 is 17.5 Å². The number of benzene rings is 1. The molecular weight excluding hydrogens is 278 g/mol. The molecule has 1 unspecified atom stereocenters. The summed E-state index contributed by atoms with van der Waals surface area (Å²) in [6.07, 6.45) is 4.20. The topological polar surface area (TPSA) is 20.3 Å². The van der Waals surface area contributed by atoms with Gasteiger partial charge in [0.05, 0.1) is 0 Å². The molecule has 0 saturated carbocycles. The molecule has 1 atom stereocenters. The number of carbonyl (C=O) groups is 1. The zero-order valence-electron chi connectivity index (χ0n) is 13.7. The first-order valence-electron chi connectivity index (χ1n) is 7.80. The van der Waals surface area contributed by atoms with Crippen LogP contribution < -0.4 is 0 Å². The van der Waals surface area contributed by atoms with Crippen molar-refractivity contribution in [3.63, 3.8) is 0 Å². The molecule has 0 N–H and O–H groups in total. The van der Waals surface area contributed by atoms with E-state index < -0.39 is 0 Å². The number of rotatable bonds is 4. The van der Waals surface area contributed by atoms with Crippen LogP contribution in [0.5, 0.6) is 0 Å².